The Morgan fingerprint density at radius 1 is 1.20 bits per heavy atom. The number of aliphatic hydroxyl groups is 1. The van der Waals surface area contributed by atoms with Crippen molar-refractivity contribution in [2.45, 2.75) is 45.3 Å². The van der Waals surface area contributed by atoms with Gasteiger partial charge in [0.05, 0.1) is 22.4 Å². The summed E-state index contributed by atoms with van der Waals surface area (Å²) >= 11 is 7.39. The Balaban J connectivity index is 1.37. The van der Waals surface area contributed by atoms with Gasteiger partial charge in [0.2, 0.25) is 0 Å². The SMILES string of the molecule is CC(C)N1CCC(NC(=O)c2cc(C(=O)N3CCN(CCO)C3=O)n(Cc3cc(-c4ccc(Cl)s4)on3)n2)CC1. The molecule has 0 aromatic carbocycles. The summed E-state index contributed by atoms with van der Waals surface area (Å²) in [7, 11) is 0. The third-order valence-corrected chi connectivity index (χ3v) is 8.47. The van der Waals surface area contributed by atoms with Crippen LogP contribution in [0.15, 0.2) is 28.8 Å². The van der Waals surface area contributed by atoms with Crippen LogP contribution in [-0.2, 0) is 6.54 Å². The quantitative estimate of drug-likeness (QED) is 0.389. The predicted octanol–water partition coefficient (Wildman–Crippen LogP) is 2.77. The highest BCUT2D eigenvalue weighted by Crippen LogP contribution is 2.31. The van der Waals surface area contributed by atoms with E-state index in [0.717, 1.165) is 35.7 Å². The standard InChI is InChI=1S/C26H32ClN7O5S/c1-16(2)31-7-5-17(6-8-31)28-24(36)19-14-20(25(37)33-10-9-32(11-12-35)26(33)38)34(29-19)15-18-13-21(39-30-18)22-3-4-23(27)40-22/h3-4,13-14,16-17,35H,5-12,15H2,1-2H3,(H,28,36). The Morgan fingerprint density at radius 3 is 2.65 bits per heavy atom. The number of rotatable bonds is 9. The maximum Gasteiger partial charge on any atom is 0.327 e. The number of hydrogen-bond donors (Lipinski definition) is 2. The lowest BCUT2D eigenvalue weighted by molar-refractivity contribution is 0.0808. The second kappa shape index (κ2) is 12.1. The summed E-state index contributed by atoms with van der Waals surface area (Å²) in [5, 5.41) is 20.9. The Kier molecular flexibility index (Phi) is 8.54. The average molecular weight is 590 g/mol. The van der Waals surface area contributed by atoms with Crippen LogP contribution in [0, 0.1) is 0 Å². The van der Waals surface area contributed by atoms with Crippen molar-refractivity contribution in [1.29, 1.82) is 0 Å². The summed E-state index contributed by atoms with van der Waals surface area (Å²) in [5.74, 6) is -0.428. The van der Waals surface area contributed by atoms with Gasteiger partial charge in [-0.2, -0.15) is 5.10 Å². The lowest BCUT2D eigenvalue weighted by atomic mass is 10.0. The van der Waals surface area contributed by atoms with E-state index in [1.54, 1.807) is 12.1 Å². The van der Waals surface area contributed by atoms with Crippen molar-refractivity contribution in [1.82, 2.24) is 35.0 Å². The molecule has 0 atom stereocenters. The van der Waals surface area contributed by atoms with Gasteiger partial charge in [0.1, 0.15) is 11.4 Å². The second-order valence-corrected chi connectivity index (χ2v) is 11.9. The van der Waals surface area contributed by atoms with E-state index >= 15 is 0 Å². The minimum Gasteiger partial charge on any atom is -0.395 e. The molecule has 2 N–H and O–H groups in total. The Morgan fingerprint density at radius 2 is 1.98 bits per heavy atom. The van der Waals surface area contributed by atoms with E-state index in [-0.39, 0.29) is 49.6 Å². The first-order valence-corrected chi connectivity index (χ1v) is 14.5. The Bertz CT molecular complexity index is 1380. The second-order valence-electron chi connectivity index (χ2n) is 10.2. The van der Waals surface area contributed by atoms with E-state index < -0.39 is 11.9 Å². The molecule has 0 aliphatic carbocycles. The molecule has 2 saturated heterocycles. The van der Waals surface area contributed by atoms with Crippen LogP contribution >= 0.6 is 22.9 Å². The van der Waals surface area contributed by atoms with Gasteiger partial charge in [-0.15, -0.1) is 11.3 Å². The number of aliphatic hydroxyl groups excluding tert-OH is 1. The van der Waals surface area contributed by atoms with Gasteiger partial charge in [0.15, 0.2) is 11.5 Å². The van der Waals surface area contributed by atoms with E-state index in [0.29, 0.717) is 28.4 Å². The van der Waals surface area contributed by atoms with Crippen LogP contribution < -0.4 is 5.32 Å². The number of β-amino-alcohol motifs (C(OH)–C–C–N with tert-alkyl or cyclic N) is 1. The summed E-state index contributed by atoms with van der Waals surface area (Å²) in [5.41, 5.74) is 0.657. The van der Waals surface area contributed by atoms with Crippen molar-refractivity contribution < 1.29 is 24.0 Å². The lowest BCUT2D eigenvalue weighted by Crippen LogP contribution is -2.46. The van der Waals surface area contributed by atoms with Gasteiger partial charge < -0.3 is 24.7 Å². The highest BCUT2D eigenvalue weighted by Gasteiger charge is 2.36. The summed E-state index contributed by atoms with van der Waals surface area (Å²) in [6, 6.07) is 6.70. The highest BCUT2D eigenvalue weighted by molar-refractivity contribution is 7.19. The molecule has 12 nitrogen and oxygen atoms in total. The van der Waals surface area contributed by atoms with Crippen molar-refractivity contribution in [3.05, 3.63) is 45.7 Å². The number of urea groups is 1. The van der Waals surface area contributed by atoms with E-state index in [2.05, 4.69) is 34.3 Å². The van der Waals surface area contributed by atoms with Crippen molar-refractivity contribution in [2.24, 2.45) is 0 Å². The van der Waals surface area contributed by atoms with Crippen LogP contribution in [0.1, 0.15) is 53.4 Å². The van der Waals surface area contributed by atoms with Crippen LogP contribution in [0.25, 0.3) is 10.6 Å². The number of piperidine rings is 1. The van der Waals surface area contributed by atoms with Crippen molar-refractivity contribution in [3.63, 3.8) is 0 Å². The minimum absolute atomic E-state index is 0.00900. The molecule has 0 bridgehead atoms. The molecule has 214 valence electrons. The van der Waals surface area contributed by atoms with Gasteiger partial charge >= 0.3 is 6.03 Å². The summed E-state index contributed by atoms with van der Waals surface area (Å²) < 4.78 is 7.47. The van der Waals surface area contributed by atoms with Crippen LogP contribution in [0.3, 0.4) is 0 Å². The number of nitrogens with one attached hydrogen (secondary N) is 1. The average Bonchev–Trinajstić information content (AvgIpc) is 3.73. The highest BCUT2D eigenvalue weighted by atomic mass is 35.5. The number of amides is 4. The molecule has 4 amide bonds. The molecule has 3 aromatic rings. The maximum atomic E-state index is 13.5. The number of imide groups is 1. The molecule has 0 radical (unpaired) electrons. The molecule has 40 heavy (non-hydrogen) atoms. The molecule has 5 rings (SSSR count). The third-order valence-electron chi connectivity index (χ3n) is 7.22. The molecule has 2 aliphatic heterocycles. The van der Waals surface area contributed by atoms with Crippen molar-refractivity contribution in [3.8, 4) is 10.6 Å². The number of aromatic nitrogens is 3. The first kappa shape index (κ1) is 28.3. The molecule has 3 aromatic heterocycles. The number of hydrogen-bond acceptors (Lipinski definition) is 9. The molecule has 2 fully saturated rings. The van der Waals surface area contributed by atoms with Crippen LogP contribution in [0.4, 0.5) is 4.79 Å². The van der Waals surface area contributed by atoms with Gasteiger partial charge in [-0.05, 0) is 38.8 Å². The fraction of sp³-hybridized carbons (Fsp3) is 0.500. The Hall–Kier alpha value is -3.26. The summed E-state index contributed by atoms with van der Waals surface area (Å²) in [6.07, 6.45) is 1.65. The monoisotopic (exact) mass is 589 g/mol. The van der Waals surface area contributed by atoms with Gasteiger partial charge in [0, 0.05) is 56.9 Å². The third kappa shape index (κ3) is 6.07. The molecule has 14 heteroatoms. The summed E-state index contributed by atoms with van der Waals surface area (Å²) in [4.78, 5) is 45.2. The number of likely N-dealkylation sites (tertiary alicyclic amines) is 1. The fourth-order valence-electron chi connectivity index (χ4n) is 4.98. The smallest absolute Gasteiger partial charge is 0.327 e. The molecular formula is C26H32ClN7O5S. The Labute approximate surface area is 240 Å². The predicted molar refractivity (Wildman–Crippen MR) is 148 cm³/mol. The molecule has 0 spiro atoms. The van der Waals surface area contributed by atoms with Crippen LogP contribution in [-0.4, -0.2) is 104 Å². The lowest BCUT2D eigenvalue weighted by Gasteiger charge is -2.34. The number of carbonyl (C=O) groups is 3. The minimum atomic E-state index is -0.573. The van der Waals surface area contributed by atoms with Crippen molar-refractivity contribution >= 4 is 40.8 Å². The number of carbonyl (C=O) groups excluding carboxylic acids is 3. The largest absolute Gasteiger partial charge is 0.395 e. The summed E-state index contributed by atoms with van der Waals surface area (Å²) in [6.45, 7) is 6.58. The number of thiophene rings is 1. The normalized spacial score (nSPS) is 16.9. The first-order chi connectivity index (χ1) is 19.2. The first-order valence-electron chi connectivity index (χ1n) is 13.3. The topological polar surface area (TPSA) is 137 Å². The van der Waals surface area contributed by atoms with E-state index in [4.69, 9.17) is 16.1 Å². The molecular weight excluding hydrogens is 558 g/mol. The molecule has 2 aliphatic rings. The van der Waals surface area contributed by atoms with E-state index in [1.807, 2.05) is 6.07 Å². The maximum absolute atomic E-state index is 13.5. The van der Waals surface area contributed by atoms with E-state index in [1.165, 1.54) is 27.0 Å². The van der Waals surface area contributed by atoms with E-state index in [9.17, 15) is 19.5 Å². The molecule has 5 heterocycles. The van der Waals surface area contributed by atoms with Gasteiger partial charge in [-0.1, -0.05) is 16.8 Å². The molecule has 0 saturated carbocycles. The van der Waals surface area contributed by atoms with Crippen molar-refractivity contribution in [2.75, 3.05) is 39.3 Å². The van der Waals surface area contributed by atoms with Gasteiger partial charge in [-0.3, -0.25) is 19.2 Å². The number of nitrogens with zero attached hydrogens (tertiary/aromatic N) is 6. The van der Waals surface area contributed by atoms with Crippen LogP contribution in [0.5, 0.6) is 0 Å². The zero-order valence-electron chi connectivity index (χ0n) is 22.4. The fourth-order valence-corrected chi connectivity index (χ4v) is 5.97. The number of halogens is 1. The van der Waals surface area contributed by atoms with Gasteiger partial charge in [0.25, 0.3) is 11.8 Å². The van der Waals surface area contributed by atoms with Gasteiger partial charge in [-0.25, -0.2) is 4.79 Å². The molecule has 0 unspecified atom stereocenters. The zero-order chi connectivity index (χ0) is 28.4. The van der Waals surface area contributed by atoms with Crippen LogP contribution in [0.2, 0.25) is 4.34 Å². The zero-order valence-corrected chi connectivity index (χ0v) is 24.0.